The molecular formula is C28H44N2O6. The van der Waals surface area contributed by atoms with E-state index < -0.39 is 35.2 Å². The number of imide groups is 1. The van der Waals surface area contributed by atoms with E-state index in [1.54, 1.807) is 6.08 Å². The van der Waals surface area contributed by atoms with E-state index >= 15 is 0 Å². The Balaban J connectivity index is 1.59. The fraction of sp³-hybridized carbons (Fsp3) is 0.821. The lowest BCUT2D eigenvalue weighted by Crippen LogP contribution is -2.63. The zero-order valence-corrected chi connectivity index (χ0v) is 22.3. The van der Waals surface area contributed by atoms with Gasteiger partial charge in [-0.3, -0.25) is 4.79 Å². The third-order valence-electron chi connectivity index (χ3n) is 10.7. The van der Waals surface area contributed by atoms with E-state index in [4.69, 9.17) is 15.2 Å². The third kappa shape index (κ3) is 4.38. The molecular weight excluding hydrogens is 460 g/mol. The van der Waals surface area contributed by atoms with Crippen LogP contribution in [0, 0.1) is 34.0 Å². The minimum absolute atomic E-state index is 0.0999. The number of carbonyl (C=O) groups excluding carboxylic acids is 3. The number of rotatable bonds is 3. The quantitative estimate of drug-likeness (QED) is 0.483. The van der Waals surface area contributed by atoms with Crippen LogP contribution in [-0.2, 0) is 14.3 Å². The molecule has 4 saturated carbocycles. The molecule has 4 N–H and O–H groups in total. The third-order valence-corrected chi connectivity index (χ3v) is 10.7. The van der Waals surface area contributed by atoms with Crippen molar-refractivity contribution in [2.45, 2.75) is 110 Å². The molecule has 2 unspecified atom stereocenters. The molecule has 4 aliphatic rings. The Morgan fingerprint density at radius 2 is 1.72 bits per heavy atom. The number of carbonyl (C=O) groups is 3. The molecule has 0 aromatic rings. The van der Waals surface area contributed by atoms with Crippen molar-refractivity contribution in [1.82, 2.24) is 5.32 Å². The lowest BCUT2D eigenvalue weighted by Gasteiger charge is -2.61. The van der Waals surface area contributed by atoms with Crippen molar-refractivity contribution in [3.63, 3.8) is 0 Å². The number of amides is 2. The number of aliphatic hydroxyl groups excluding tert-OH is 1. The van der Waals surface area contributed by atoms with Gasteiger partial charge in [0.25, 0.3) is 0 Å². The molecule has 8 nitrogen and oxygen atoms in total. The van der Waals surface area contributed by atoms with Gasteiger partial charge in [-0.1, -0.05) is 33.8 Å². The van der Waals surface area contributed by atoms with Crippen molar-refractivity contribution in [2.24, 2.45) is 39.7 Å². The van der Waals surface area contributed by atoms with Gasteiger partial charge in [0.05, 0.1) is 6.10 Å². The fourth-order valence-electron chi connectivity index (χ4n) is 8.13. The number of ketones is 1. The van der Waals surface area contributed by atoms with Gasteiger partial charge in [0.15, 0.2) is 0 Å². The lowest BCUT2D eigenvalue weighted by molar-refractivity contribution is -0.191. The van der Waals surface area contributed by atoms with Crippen molar-refractivity contribution < 1.29 is 29.0 Å². The Morgan fingerprint density at radius 3 is 2.36 bits per heavy atom. The second-order valence-electron chi connectivity index (χ2n) is 12.5. The molecule has 2 bridgehead atoms. The Labute approximate surface area is 214 Å². The van der Waals surface area contributed by atoms with Crippen LogP contribution in [0.2, 0.25) is 0 Å². The van der Waals surface area contributed by atoms with E-state index in [-0.39, 0.29) is 41.1 Å². The number of Topliss-reactive ketones (excluding diaryl/α,β-unsaturated/α-hetero) is 1. The number of hydrogen-bond donors (Lipinski definition) is 3. The van der Waals surface area contributed by atoms with Gasteiger partial charge in [0.2, 0.25) is 0 Å². The van der Waals surface area contributed by atoms with E-state index in [9.17, 15) is 19.5 Å². The van der Waals surface area contributed by atoms with Gasteiger partial charge < -0.3 is 20.3 Å². The monoisotopic (exact) mass is 504 g/mol. The maximum absolute atomic E-state index is 13.4. The molecule has 8 heteroatoms. The first-order valence-corrected chi connectivity index (χ1v) is 13.7. The predicted molar refractivity (Wildman–Crippen MR) is 135 cm³/mol. The van der Waals surface area contributed by atoms with Gasteiger partial charge >= 0.3 is 12.2 Å². The van der Waals surface area contributed by atoms with Crippen LogP contribution in [0.4, 0.5) is 9.59 Å². The summed E-state index contributed by atoms with van der Waals surface area (Å²) in [5.41, 5.74) is 4.21. The van der Waals surface area contributed by atoms with Crippen LogP contribution in [0.3, 0.4) is 0 Å². The molecule has 4 fully saturated rings. The highest BCUT2D eigenvalue weighted by Gasteiger charge is 2.68. The zero-order chi connectivity index (χ0) is 26.5. The van der Waals surface area contributed by atoms with Gasteiger partial charge in [-0.05, 0) is 68.6 Å². The van der Waals surface area contributed by atoms with Crippen LogP contribution in [-0.4, -0.2) is 47.4 Å². The predicted octanol–water partition coefficient (Wildman–Crippen LogP) is 4.48. The standard InChI is InChI=1S/C28H44N2O6/c1-6-26(4)15-21(36-25(34)30-24(33)35-19-9-7-18(29)8-10-19)27(5)16(2)11-13-28(17(3)23(26)32)14-12-20(31)22(27)28/h6,16-19,21-23,32H,1,7-15,29H2,2-5H3,(H,30,33,34)/t16?,17-,18?,19?,21+,22?,23-,26+,27-,28-/m0/s1. The zero-order valence-electron chi connectivity index (χ0n) is 22.3. The smallest absolute Gasteiger partial charge is 0.416 e. The normalized spacial score (nSPS) is 46.6. The molecule has 8 atom stereocenters. The average Bonchev–Trinajstić information content (AvgIpc) is 3.19. The van der Waals surface area contributed by atoms with Crippen molar-refractivity contribution in [1.29, 1.82) is 0 Å². The molecule has 36 heavy (non-hydrogen) atoms. The summed E-state index contributed by atoms with van der Waals surface area (Å²) >= 11 is 0. The first-order chi connectivity index (χ1) is 16.9. The number of nitrogens with two attached hydrogens (primary N) is 1. The van der Waals surface area contributed by atoms with Crippen LogP contribution in [0.1, 0.15) is 85.5 Å². The SMILES string of the molecule is C=C[C@]1(C)C[C@@H](OC(=O)NC(=O)OC2CCC(N)CC2)[C@]2(C)C(C)CC[C@]3(CCC(=O)C32)[C@@H](C)[C@@H]1O. The van der Waals surface area contributed by atoms with Crippen LogP contribution in [0.15, 0.2) is 12.7 Å². The molecule has 2 amide bonds. The van der Waals surface area contributed by atoms with E-state index in [1.807, 2.05) is 6.92 Å². The van der Waals surface area contributed by atoms with E-state index in [0.29, 0.717) is 25.7 Å². The first kappa shape index (κ1) is 27.1. The average molecular weight is 505 g/mol. The molecule has 0 spiro atoms. The molecule has 0 heterocycles. The molecule has 0 saturated heterocycles. The Hall–Kier alpha value is -1.93. The topological polar surface area (TPSA) is 128 Å². The Bertz CT molecular complexity index is 900. The Kier molecular flexibility index (Phi) is 7.34. The summed E-state index contributed by atoms with van der Waals surface area (Å²) < 4.78 is 11.4. The summed E-state index contributed by atoms with van der Waals surface area (Å²) in [4.78, 5) is 38.9. The maximum Gasteiger partial charge on any atom is 0.416 e. The number of alkyl carbamates (subject to hydrolysis) is 2. The number of nitrogens with one attached hydrogen (secondary N) is 1. The summed E-state index contributed by atoms with van der Waals surface area (Å²) in [6.45, 7) is 12.2. The van der Waals surface area contributed by atoms with Crippen LogP contribution in [0.25, 0.3) is 0 Å². The Morgan fingerprint density at radius 1 is 1.08 bits per heavy atom. The van der Waals surface area contributed by atoms with Crippen molar-refractivity contribution in [3.05, 3.63) is 12.7 Å². The number of aliphatic hydroxyl groups is 1. The van der Waals surface area contributed by atoms with E-state index in [1.165, 1.54) is 0 Å². The highest BCUT2D eigenvalue weighted by molar-refractivity contribution is 5.88. The minimum Gasteiger partial charge on any atom is -0.446 e. The van der Waals surface area contributed by atoms with Gasteiger partial charge in [-0.25, -0.2) is 14.9 Å². The fourth-order valence-corrected chi connectivity index (χ4v) is 8.13. The molecule has 4 rings (SSSR count). The van der Waals surface area contributed by atoms with Gasteiger partial charge in [-0.15, -0.1) is 6.58 Å². The summed E-state index contributed by atoms with van der Waals surface area (Å²) in [7, 11) is 0. The molecule has 0 aliphatic heterocycles. The van der Waals surface area contributed by atoms with Gasteiger partial charge in [-0.2, -0.15) is 0 Å². The van der Waals surface area contributed by atoms with Crippen molar-refractivity contribution >= 4 is 18.0 Å². The molecule has 0 aromatic heterocycles. The summed E-state index contributed by atoms with van der Waals surface area (Å²) in [6.07, 6.45) is 4.49. The first-order valence-electron chi connectivity index (χ1n) is 13.7. The molecule has 0 aromatic carbocycles. The van der Waals surface area contributed by atoms with Crippen molar-refractivity contribution in [2.75, 3.05) is 0 Å². The van der Waals surface area contributed by atoms with Gasteiger partial charge in [0.1, 0.15) is 18.0 Å². The maximum atomic E-state index is 13.4. The van der Waals surface area contributed by atoms with E-state index in [2.05, 4.69) is 32.7 Å². The number of ether oxygens (including phenoxy) is 2. The highest BCUT2D eigenvalue weighted by Crippen LogP contribution is 2.67. The van der Waals surface area contributed by atoms with Crippen molar-refractivity contribution in [3.8, 4) is 0 Å². The van der Waals surface area contributed by atoms with E-state index in [0.717, 1.165) is 32.1 Å². The highest BCUT2D eigenvalue weighted by atomic mass is 16.6. The molecule has 4 aliphatic carbocycles. The second kappa shape index (κ2) is 9.75. The summed E-state index contributed by atoms with van der Waals surface area (Å²) in [5.74, 6) is -0.110. The largest absolute Gasteiger partial charge is 0.446 e. The van der Waals surface area contributed by atoms with Crippen LogP contribution >= 0.6 is 0 Å². The number of hydrogen-bond acceptors (Lipinski definition) is 7. The lowest BCUT2D eigenvalue weighted by atomic mass is 9.44. The van der Waals surface area contributed by atoms with Gasteiger partial charge in [0, 0.05) is 29.2 Å². The summed E-state index contributed by atoms with van der Waals surface area (Å²) in [5, 5.41) is 13.8. The van der Waals surface area contributed by atoms with Crippen LogP contribution < -0.4 is 11.1 Å². The molecule has 0 radical (unpaired) electrons. The minimum atomic E-state index is -0.887. The van der Waals surface area contributed by atoms with Crippen LogP contribution in [0.5, 0.6) is 0 Å². The molecule has 202 valence electrons. The second-order valence-corrected chi connectivity index (χ2v) is 12.5. The summed E-state index contributed by atoms with van der Waals surface area (Å²) in [6, 6.07) is 0.123.